The van der Waals surface area contributed by atoms with Crippen molar-refractivity contribution in [2.45, 2.75) is 25.0 Å². The Labute approximate surface area is 133 Å². The van der Waals surface area contributed by atoms with Crippen molar-refractivity contribution in [3.8, 4) is 6.07 Å². The molecule has 4 nitrogen and oxygen atoms in total. The monoisotopic (exact) mass is 310 g/mol. The first kappa shape index (κ1) is 15.2. The van der Waals surface area contributed by atoms with Crippen molar-refractivity contribution in [2.24, 2.45) is 5.73 Å². The number of hydrogen-bond acceptors (Lipinski definition) is 3. The predicted molar refractivity (Wildman–Crippen MR) is 81.6 cm³/mol. The summed E-state index contributed by atoms with van der Waals surface area (Å²) in [4.78, 5) is 11.3. The van der Waals surface area contributed by atoms with Crippen molar-refractivity contribution in [1.29, 1.82) is 5.26 Å². The first-order valence-corrected chi connectivity index (χ1v) is 7.27. The van der Waals surface area contributed by atoms with E-state index < -0.39 is 11.5 Å². The quantitative estimate of drug-likeness (QED) is 0.943. The van der Waals surface area contributed by atoms with Crippen molar-refractivity contribution in [1.82, 2.24) is 0 Å². The molecule has 0 saturated heterocycles. The Morgan fingerprint density at radius 1 is 1.30 bits per heavy atom. The number of primary amides is 1. The molecule has 0 aromatic heterocycles. The molecule has 1 aliphatic heterocycles. The van der Waals surface area contributed by atoms with Gasteiger partial charge in [-0.2, -0.15) is 5.26 Å². The van der Waals surface area contributed by atoms with E-state index in [9.17, 15) is 9.18 Å². The zero-order valence-corrected chi connectivity index (χ0v) is 12.4. The highest BCUT2D eigenvalue weighted by atomic mass is 19.1. The summed E-state index contributed by atoms with van der Waals surface area (Å²) >= 11 is 0. The zero-order valence-electron chi connectivity index (χ0n) is 12.4. The molecule has 116 valence electrons. The minimum Gasteiger partial charge on any atom is -0.370 e. The molecule has 1 atom stereocenters. The van der Waals surface area contributed by atoms with Gasteiger partial charge in [0.15, 0.2) is 0 Å². The van der Waals surface area contributed by atoms with E-state index in [2.05, 4.69) is 6.07 Å². The fourth-order valence-corrected chi connectivity index (χ4v) is 3.06. The maximum absolute atomic E-state index is 13.3. The maximum atomic E-state index is 13.3. The molecule has 23 heavy (non-hydrogen) atoms. The Morgan fingerprint density at radius 3 is 2.70 bits per heavy atom. The third-order valence-electron chi connectivity index (χ3n) is 4.18. The van der Waals surface area contributed by atoms with Crippen LogP contribution < -0.4 is 5.73 Å². The number of nitrogens with zero attached hydrogens (tertiary/aromatic N) is 1. The van der Waals surface area contributed by atoms with Crippen LogP contribution in [0.5, 0.6) is 0 Å². The van der Waals surface area contributed by atoms with Gasteiger partial charge in [0.05, 0.1) is 18.2 Å². The number of carbonyl (C=O) groups excluding carboxylic acids is 1. The normalized spacial score (nSPS) is 19.1. The molecule has 2 N–H and O–H groups in total. The molecule has 1 aliphatic rings. The van der Waals surface area contributed by atoms with E-state index in [1.807, 2.05) is 6.07 Å². The molecule has 1 amide bonds. The van der Waals surface area contributed by atoms with Crippen LogP contribution in [0.25, 0.3) is 0 Å². The van der Waals surface area contributed by atoms with Crippen molar-refractivity contribution in [3.63, 3.8) is 0 Å². The van der Waals surface area contributed by atoms with E-state index in [4.69, 9.17) is 15.7 Å². The predicted octanol–water partition coefficient (Wildman–Crippen LogP) is 2.74. The lowest BCUT2D eigenvalue weighted by atomic mass is 9.81. The molecular formula is C18H15FN2O2. The number of rotatable bonds is 4. The average Bonchev–Trinajstić information content (AvgIpc) is 2.92. The second kappa shape index (κ2) is 5.82. The van der Waals surface area contributed by atoms with Crippen LogP contribution in [0.2, 0.25) is 0 Å². The number of ether oxygens (including phenoxy) is 1. The summed E-state index contributed by atoms with van der Waals surface area (Å²) in [5.41, 5.74) is 7.57. The van der Waals surface area contributed by atoms with E-state index in [-0.39, 0.29) is 12.2 Å². The zero-order chi connectivity index (χ0) is 16.4. The lowest BCUT2D eigenvalue weighted by molar-refractivity contribution is -0.119. The van der Waals surface area contributed by atoms with Crippen molar-refractivity contribution < 1.29 is 13.9 Å². The molecule has 5 heteroatoms. The van der Waals surface area contributed by atoms with E-state index in [0.717, 1.165) is 16.7 Å². The molecular weight excluding hydrogens is 295 g/mol. The number of fused-ring (bicyclic) bond motifs is 1. The first-order chi connectivity index (χ1) is 11.0. The van der Waals surface area contributed by atoms with Gasteiger partial charge in [-0.25, -0.2) is 4.39 Å². The average molecular weight is 310 g/mol. The van der Waals surface area contributed by atoms with Crippen LogP contribution in [0.15, 0.2) is 42.5 Å². The van der Waals surface area contributed by atoms with Crippen LogP contribution in [0.4, 0.5) is 4.39 Å². The number of amides is 1. The van der Waals surface area contributed by atoms with Gasteiger partial charge < -0.3 is 10.5 Å². The molecule has 2 aromatic carbocycles. The number of nitriles is 1. The smallest absolute Gasteiger partial charge is 0.217 e. The van der Waals surface area contributed by atoms with Crippen LogP contribution in [-0.2, 0) is 21.7 Å². The van der Waals surface area contributed by atoms with Gasteiger partial charge in [0.25, 0.3) is 0 Å². The van der Waals surface area contributed by atoms with Crippen LogP contribution in [0.1, 0.15) is 35.1 Å². The van der Waals surface area contributed by atoms with Crippen molar-refractivity contribution in [2.75, 3.05) is 0 Å². The van der Waals surface area contributed by atoms with Gasteiger partial charge in [-0.15, -0.1) is 0 Å². The second-order valence-corrected chi connectivity index (χ2v) is 5.57. The molecule has 3 rings (SSSR count). The summed E-state index contributed by atoms with van der Waals surface area (Å²) < 4.78 is 19.3. The summed E-state index contributed by atoms with van der Waals surface area (Å²) in [6, 6.07) is 13.5. The summed E-state index contributed by atoms with van der Waals surface area (Å²) in [6.07, 6.45) is 0.518. The van der Waals surface area contributed by atoms with E-state index >= 15 is 0 Å². The van der Waals surface area contributed by atoms with Gasteiger partial charge in [-0.1, -0.05) is 18.2 Å². The summed E-state index contributed by atoms with van der Waals surface area (Å²) in [5, 5.41) is 9.03. The molecule has 0 radical (unpaired) electrons. The van der Waals surface area contributed by atoms with Crippen LogP contribution in [0, 0.1) is 17.1 Å². The summed E-state index contributed by atoms with van der Waals surface area (Å²) in [5.74, 6) is -0.756. The third kappa shape index (κ3) is 2.69. The van der Waals surface area contributed by atoms with E-state index in [1.54, 1.807) is 24.3 Å². The lowest BCUT2D eigenvalue weighted by Gasteiger charge is -2.30. The number of hydrogen-bond donors (Lipinski definition) is 1. The first-order valence-electron chi connectivity index (χ1n) is 7.27. The van der Waals surface area contributed by atoms with Gasteiger partial charge in [0.2, 0.25) is 5.91 Å². The minimum atomic E-state index is -0.841. The molecule has 0 aliphatic carbocycles. The molecule has 1 unspecified atom stereocenters. The standard InChI is InChI=1S/C18H15FN2O2/c19-15-4-2-14(3-5-15)18(8-7-17(21)22)16-6-1-12(10-20)9-13(16)11-23-18/h1-6,9H,7-8,11H2,(H2,21,22). The molecule has 0 fully saturated rings. The van der Waals surface area contributed by atoms with Crippen LogP contribution in [-0.4, -0.2) is 5.91 Å². The Balaban J connectivity index is 2.10. The Hall–Kier alpha value is -2.71. The largest absolute Gasteiger partial charge is 0.370 e. The third-order valence-corrected chi connectivity index (χ3v) is 4.18. The van der Waals surface area contributed by atoms with Gasteiger partial charge in [-0.05, 0) is 47.4 Å². The van der Waals surface area contributed by atoms with Gasteiger partial charge in [0, 0.05) is 6.42 Å². The fourth-order valence-electron chi connectivity index (χ4n) is 3.06. The topological polar surface area (TPSA) is 76.1 Å². The number of carbonyl (C=O) groups is 1. The van der Waals surface area contributed by atoms with Gasteiger partial charge in [-0.3, -0.25) is 4.79 Å². The summed E-state index contributed by atoms with van der Waals surface area (Å²) in [7, 11) is 0. The lowest BCUT2D eigenvalue weighted by Crippen LogP contribution is -2.29. The molecule has 0 spiro atoms. The van der Waals surface area contributed by atoms with E-state index in [0.29, 0.717) is 18.6 Å². The maximum Gasteiger partial charge on any atom is 0.217 e. The fraction of sp³-hybridized carbons (Fsp3) is 0.222. The van der Waals surface area contributed by atoms with Gasteiger partial charge in [0.1, 0.15) is 11.4 Å². The Kier molecular flexibility index (Phi) is 3.85. The molecule has 1 heterocycles. The highest BCUT2D eigenvalue weighted by Gasteiger charge is 2.41. The second-order valence-electron chi connectivity index (χ2n) is 5.57. The molecule has 2 aromatic rings. The SMILES string of the molecule is N#Cc1ccc2c(c1)COC2(CCC(N)=O)c1ccc(F)cc1. The highest BCUT2D eigenvalue weighted by molar-refractivity contribution is 5.74. The minimum absolute atomic E-state index is 0.150. The number of halogens is 1. The van der Waals surface area contributed by atoms with Crippen LogP contribution >= 0.6 is 0 Å². The van der Waals surface area contributed by atoms with Crippen molar-refractivity contribution >= 4 is 5.91 Å². The molecule has 0 bridgehead atoms. The van der Waals surface area contributed by atoms with Crippen molar-refractivity contribution in [3.05, 3.63) is 70.5 Å². The summed E-state index contributed by atoms with van der Waals surface area (Å²) in [6.45, 7) is 0.334. The highest BCUT2D eigenvalue weighted by Crippen LogP contribution is 2.45. The van der Waals surface area contributed by atoms with E-state index in [1.165, 1.54) is 12.1 Å². The number of nitrogens with two attached hydrogens (primary N) is 1. The number of benzene rings is 2. The molecule has 0 saturated carbocycles. The Morgan fingerprint density at radius 2 is 2.04 bits per heavy atom. The Bertz CT molecular complexity index is 796. The van der Waals surface area contributed by atoms with Gasteiger partial charge >= 0.3 is 0 Å². The van der Waals surface area contributed by atoms with Crippen LogP contribution in [0.3, 0.4) is 0 Å².